The summed E-state index contributed by atoms with van der Waals surface area (Å²) in [6, 6.07) is 8.81. The van der Waals surface area contributed by atoms with E-state index in [4.69, 9.17) is 5.53 Å². The second-order valence-electron chi connectivity index (χ2n) is 7.19. The summed E-state index contributed by atoms with van der Waals surface area (Å²) in [6.45, 7) is 0.748. The van der Waals surface area contributed by atoms with Gasteiger partial charge in [0.2, 0.25) is 0 Å². The Hall–Kier alpha value is -2.67. The summed E-state index contributed by atoms with van der Waals surface area (Å²) >= 11 is 0. The largest absolute Gasteiger partial charge is 0.346 e. The fourth-order valence-corrected chi connectivity index (χ4v) is 4.02. The van der Waals surface area contributed by atoms with Crippen molar-refractivity contribution in [3.05, 3.63) is 59.9 Å². The van der Waals surface area contributed by atoms with E-state index in [-0.39, 0.29) is 11.9 Å². The summed E-state index contributed by atoms with van der Waals surface area (Å²) < 4.78 is 13.0. The topological polar surface area (TPSA) is 89.8 Å². The molecule has 1 fully saturated rings. The molecule has 2 aromatic heterocycles. The third-order valence-corrected chi connectivity index (χ3v) is 5.53. The first-order chi connectivity index (χ1) is 13.2. The van der Waals surface area contributed by atoms with Crippen LogP contribution in [0.25, 0.3) is 11.0 Å². The molecule has 3 N–H and O–H groups in total. The van der Waals surface area contributed by atoms with E-state index in [2.05, 4.69) is 25.4 Å². The molecule has 0 radical (unpaired) electrons. The normalized spacial score (nSPS) is 21.2. The van der Waals surface area contributed by atoms with Gasteiger partial charge >= 0.3 is 0 Å². The van der Waals surface area contributed by atoms with E-state index in [0.717, 1.165) is 54.5 Å². The van der Waals surface area contributed by atoms with E-state index >= 15 is 0 Å². The molecule has 0 bridgehead atoms. The molecule has 140 valence electrons. The number of aromatic amines is 1. The zero-order valence-electron chi connectivity index (χ0n) is 15.0. The number of hydrogen-bond donors (Lipinski definition) is 3. The van der Waals surface area contributed by atoms with Crippen molar-refractivity contribution < 1.29 is 4.39 Å². The van der Waals surface area contributed by atoms with Crippen LogP contribution in [0.15, 0.2) is 48.0 Å². The Labute approximate surface area is 157 Å². The van der Waals surface area contributed by atoms with Crippen LogP contribution in [-0.2, 0) is 6.54 Å². The van der Waals surface area contributed by atoms with Crippen molar-refractivity contribution in [3.8, 4) is 0 Å². The molecule has 3 aromatic rings. The summed E-state index contributed by atoms with van der Waals surface area (Å²) in [6.07, 6.45) is 7.48. The first kappa shape index (κ1) is 17.7. The van der Waals surface area contributed by atoms with E-state index < -0.39 is 0 Å². The van der Waals surface area contributed by atoms with Crippen molar-refractivity contribution in [2.24, 2.45) is 11.0 Å². The Bertz CT molecular complexity index is 898. The molecule has 1 aliphatic carbocycles. The summed E-state index contributed by atoms with van der Waals surface area (Å²) in [5, 5.41) is 8.45. The second-order valence-corrected chi connectivity index (χ2v) is 7.19. The standard InChI is InChI=1S/C20H23FN6/c21-15-5-1-13(2-6-15)11-24-16-7-3-14(4-8-16)18(27-22)19-17-9-10-23-20(17)26-12-25-19/h1-2,5-6,9-10,12,14,16,18,22,24H,3-4,7-8,11H2,(H,23,25,26). The minimum absolute atomic E-state index is 0.203. The number of nitrogens with zero attached hydrogens (tertiary/aromatic N) is 3. The first-order valence-electron chi connectivity index (χ1n) is 9.37. The van der Waals surface area contributed by atoms with Crippen LogP contribution in [-0.4, -0.2) is 21.0 Å². The van der Waals surface area contributed by atoms with Crippen molar-refractivity contribution in [2.75, 3.05) is 0 Å². The van der Waals surface area contributed by atoms with E-state index in [1.807, 2.05) is 24.4 Å². The minimum atomic E-state index is -0.218. The van der Waals surface area contributed by atoms with Crippen molar-refractivity contribution in [1.29, 1.82) is 5.53 Å². The maximum absolute atomic E-state index is 13.0. The predicted molar refractivity (Wildman–Crippen MR) is 101 cm³/mol. The van der Waals surface area contributed by atoms with Crippen LogP contribution in [0.1, 0.15) is 43.0 Å². The molecular weight excluding hydrogens is 343 g/mol. The molecule has 1 aromatic carbocycles. The lowest BCUT2D eigenvalue weighted by Crippen LogP contribution is -2.34. The molecular formula is C20H23FN6. The van der Waals surface area contributed by atoms with Gasteiger partial charge in [-0.25, -0.2) is 19.9 Å². The monoisotopic (exact) mass is 366 g/mol. The highest BCUT2D eigenvalue weighted by molar-refractivity contribution is 5.78. The van der Waals surface area contributed by atoms with Gasteiger partial charge in [0.25, 0.3) is 0 Å². The van der Waals surface area contributed by atoms with Gasteiger partial charge < -0.3 is 10.3 Å². The van der Waals surface area contributed by atoms with Crippen LogP contribution < -0.4 is 5.32 Å². The number of aromatic nitrogens is 3. The van der Waals surface area contributed by atoms with Gasteiger partial charge in [-0.2, -0.15) is 5.11 Å². The van der Waals surface area contributed by atoms with Gasteiger partial charge in [0.15, 0.2) is 0 Å². The molecule has 1 saturated carbocycles. The average molecular weight is 366 g/mol. The summed E-state index contributed by atoms with van der Waals surface area (Å²) in [7, 11) is 0. The third kappa shape index (κ3) is 3.88. The van der Waals surface area contributed by atoms with Crippen molar-refractivity contribution in [1.82, 2.24) is 20.3 Å². The SMILES string of the molecule is N=NC(c1ncnc2[nH]ccc12)C1CCC(NCc2ccc(F)cc2)CC1. The van der Waals surface area contributed by atoms with Crippen molar-refractivity contribution in [3.63, 3.8) is 0 Å². The number of benzene rings is 1. The smallest absolute Gasteiger partial charge is 0.141 e. The summed E-state index contributed by atoms with van der Waals surface area (Å²) in [4.78, 5) is 11.8. The lowest BCUT2D eigenvalue weighted by molar-refractivity contribution is 0.252. The van der Waals surface area contributed by atoms with Crippen molar-refractivity contribution >= 4 is 11.0 Å². The van der Waals surface area contributed by atoms with Gasteiger partial charge in [0.1, 0.15) is 23.8 Å². The number of halogens is 1. The number of nitrogens with one attached hydrogen (secondary N) is 3. The highest BCUT2D eigenvalue weighted by Gasteiger charge is 2.30. The lowest BCUT2D eigenvalue weighted by atomic mass is 9.80. The molecule has 27 heavy (non-hydrogen) atoms. The zero-order valence-corrected chi connectivity index (χ0v) is 15.0. The molecule has 7 heteroatoms. The number of fused-ring (bicyclic) bond motifs is 1. The summed E-state index contributed by atoms with van der Waals surface area (Å²) in [5.41, 5.74) is 10.5. The van der Waals surface area contributed by atoms with Gasteiger partial charge in [-0.05, 0) is 55.4 Å². The van der Waals surface area contributed by atoms with Crippen molar-refractivity contribution in [2.45, 2.75) is 44.3 Å². The number of H-pyrrole nitrogens is 1. The molecule has 1 atom stereocenters. The fraction of sp³-hybridized carbons (Fsp3) is 0.400. The molecule has 1 unspecified atom stereocenters. The third-order valence-electron chi connectivity index (χ3n) is 5.53. The van der Waals surface area contributed by atoms with Crippen LogP contribution in [0.5, 0.6) is 0 Å². The van der Waals surface area contributed by atoms with Gasteiger partial charge in [-0.15, -0.1) is 0 Å². The second kappa shape index (κ2) is 7.92. The first-order valence-corrected chi connectivity index (χ1v) is 9.37. The molecule has 0 saturated heterocycles. The van der Waals surface area contributed by atoms with Crippen LogP contribution >= 0.6 is 0 Å². The van der Waals surface area contributed by atoms with E-state index in [0.29, 0.717) is 12.0 Å². The molecule has 0 aliphatic heterocycles. The van der Waals surface area contributed by atoms with Crippen LogP contribution in [0.3, 0.4) is 0 Å². The maximum Gasteiger partial charge on any atom is 0.141 e. The number of rotatable bonds is 6. The average Bonchev–Trinajstić information content (AvgIpc) is 3.19. The van der Waals surface area contributed by atoms with Crippen LogP contribution in [0, 0.1) is 17.3 Å². The zero-order chi connectivity index (χ0) is 18.6. The molecule has 6 nitrogen and oxygen atoms in total. The number of hydrogen-bond acceptors (Lipinski definition) is 5. The lowest BCUT2D eigenvalue weighted by Gasteiger charge is -2.32. The molecule has 2 heterocycles. The summed E-state index contributed by atoms with van der Waals surface area (Å²) in [5.74, 6) is 0.116. The Morgan fingerprint density at radius 3 is 2.67 bits per heavy atom. The minimum Gasteiger partial charge on any atom is -0.346 e. The quantitative estimate of drug-likeness (QED) is 0.560. The maximum atomic E-state index is 13.0. The molecule has 0 amide bonds. The van der Waals surface area contributed by atoms with Gasteiger partial charge in [0.05, 0.1) is 5.69 Å². The highest BCUT2D eigenvalue weighted by atomic mass is 19.1. The predicted octanol–water partition coefficient (Wildman–Crippen LogP) is 4.52. The molecule has 1 aliphatic rings. The van der Waals surface area contributed by atoms with E-state index in [1.165, 1.54) is 12.1 Å². The van der Waals surface area contributed by atoms with E-state index in [9.17, 15) is 4.39 Å². The Morgan fingerprint density at radius 1 is 1.15 bits per heavy atom. The van der Waals surface area contributed by atoms with Gasteiger partial charge in [-0.3, -0.25) is 0 Å². The highest BCUT2D eigenvalue weighted by Crippen LogP contribution is 2.38. The van der Waals surface area contributed by atoms with E-state index in [1.54, 1.807) is 6.33 Å². The van der Waals surface area contributed by atoms with Gasteiger partial charge in [-0.1, -0.05) is 12.1 Å². The Balaban J connectivity index is 1.37. The van der Waals surface area contributed by atoms with Gasteiger partial charge in [0, 0.05) is 24.2 Å². The molecule has 4 rings (SSSR count). The van der Waals surface area contributed by atoms with Crippen LogP contribution in [0.4, 0.5) is 4.39 Å². The Morgan fingerprint density at radius 2 is 1.93 bits per heavy atom. The van der Waals surface area contributed by atoms with Crippen LogP contribution in [0.2, 0.25) is 0 Å². The fourth-order valence-electron chi connectivity index (χ4n) is 4.02. The molecule has 0 spiro atoms. The Kier molecular flexibility index (Phi) is 5.20.